The Morgan fingerprint density at radius 3 is 2.71 bits per heavy atom. The molecule has 148 valence electrons. The maximum absolute atomic E-state index is 12.9. The Hall–Kier alpha value is -2.44. The zero-order valence-electron chi connectivity index (χ0n) is 16.2. The van der Waals surface area contributed by atoms with Gasteiger partial charge in [0.2, 0.25) is 17.6 Å². The molecule has 4 heterocycles. The first kappa shape index (κ1) is 17.6. The predicted octanol–water partition coefficient (Wildman–Crippen LogP) is 3.24. The fourth-order valence-electron chi connectivity index (χ4n) is 4.56. The van der Waals surface area contributed by atoms with Crippen molar-refractivity contribution >= 4 is 11.7 Å². The minimum Gasteiger partial charge on any atom is -0.355 e. The van der Waals surface area contributed by atoms with E-state index in [4.69, 9.17) is 4.52 Å². The van der Waals surface area contributed by atoms with E-state index < -0.39 is 0 Å². The Kier molecular flexibility index (Phi) is 4.74. The molecule has 3 aliphatic rings. The normalized spacial score (nSPS) is 23.1. The number of pyridine rings is 1. The van der Waals surface area contributed by atoms with Gasteiger partial charge in [-0.1, -0.05) is 11.6 Å². The number of piperidine rings is 1. The maximum atomic E-state index is 12.9. The summed E-state index contributed by atoms with van der Waals surface area (Å²) in [7, 11) is 0. The summed E-state index contributed by atoms with van der Waals surface area (Å²) in [5.74, 6) is 3.00. The molecule has 2 saturated heterocycles. The molecule has 1 atom stereocenters. The van der Waals surface area contributed by atoms with E-state index in [-0.39, 0.29) is 5.92 Å². The third kappa shape index (κ3) is 3.27. The van der Waals surface area contributed by atoms with Crippen molar-refractivity contribution in [2.24, 2.45) is 5.92 Å². The Labute approximate surface area is 165 Å². The van der Waals surface area contributed by atoms with Gasteiger partial charge in [-0.2, -0.15) is 4.98 Å². The second kappa shape index (κ2) is 7.53. The van der Waals surface area contributed by atoms with Crippen LogP contribution in [0.3, 0.4) is 0 Å². The van der Waals surface area contributed by atoms with Crippen molar-refractivity contribution in [3.8, 4) is 11.4 Å². The fraction of sp³-hybridized carbons (Fsp3) is 0.619. The van der Waals surface area contributed by atoms with Crippen molar-refractivity contribution in [2.75, 3.05) is 31.1 Å². The molecule has 0 radical (unpaired) electrons. The molecule has 0 aromatic carbocycles. The van der Waals surface area contributed by atoms with Crippen molar-refractivity contribution < 1.29 is 9.32 Å². The van der Waals surface area contributed by atoms with Gasteiger partial charge in [0.15, 0.2) is 0 Å². The number of likely N-dealkylation sites (tertiary alicyclic amines) is 1. The highest BCUT2D eigenvalue weighted by Crippen LogP contribution is 2.37. The van der Waals surface area contributed by atoms with E-state index in [2.05, 4.69) is 20.0 Å². The first-order valence-corrected chi connectivity index (χ1v) is 10.6. The number of anilines is 1. The van der Waals surface area contributed by atoms with Crippen LogP contribution in [0.1, 0.15) is 56.8 Å². The Morgan fingerprint density at radius 2 is 1.93 bits per heavy atom. The van der Waals surface area contributed by atoms with Crippen molar-refractivity contribution in [3.05, 3.63) is 24.2 Å². The Morgan fingerprint density at radius 1 is 1.07 bits per heavy atom. The Balaban J connectivity index is 1.37. The number of amides is 1. The monoisotopic (exact) mass is 381 g/mol. The highest BCUT2D eigenvalue weighted by atomic mass is 16.5. The lowest BCUT2D eigenvalue weighted by Crippen LogP contribution is -2.44. The predicted molar refractivity (Wildman–Crippen MR) is 105 cm³/mol. The first-order chi connectivity index (χ1) is 13.8. The second-order valence-corrected chi connectivity index (χ2v) is 8.28. The topological polar surface area (TPSA) is 75.4 Å². The molecule has 0 unspecified atom stereocenters. The van der Waals surface area contributed by atoms with E-state index in [1.807, 2.05) is 17.0 Å². The van der Waals surface area contributed by atoms with E-state index >= 15 is 0 Å². The van der Waals surface area contributed by atoms with Crippen molar-refractivity contribution in [2.45, 2.75) is 50.9 Å². The van der Waals surface area contributed by atoms with Crippen LogP contribution >= 0.6 is 0 Å². The summed E-state index contributed by atoms with van der Waals surface area (Å²) in [6, 6.07) is 3.92. The van der Waals surface area contributed by atoms with Gasteiger partial charge in [0.1, 0.15) is 5.82 Å². The SMILES string of the molecule is O=C([C@@H]1CCCN(c2ncccc2-c2noc(C3CCC3)n2)C1)N1CCCC1. The molecule has 3 fully saturated rings. The smallest absolute Gasteiger partial charge is 0.230 e. The lowest BCUT2D eigenvalue weighted by atomic mass is 9.85. The minimum absolute atomic E-state index is 0.0533. The molecule has 28 heavy (non-hydrogen) atoms. The molecule has 2 aromatic rings. The molecule has 1 saturated carbocycles. The Bertz CT molecular complexity index is 841. The lowest BCUT2D eigenvalue weighted by molar-refractivity contribution is -0.134. The molecular weight excluding hydrogens is 354 g/mol. The van der Waals surface area contributed by atoms with E-state index in [9.17, 15) is 4.79 Å². The maximum Gasteiger partial charge on any atom is 0.230 e. The number of hydrogen-bond donors (Lipinski definition) is 0. The quantitative estimate of drug-likeness (QED) is 0.809. The largest absolute Gasteiger partial charge is 0.355 e. The van der Waals surface area contributed by atoms with E-state index in [0.717, 1.165) is 75.4 Å². The van der Waals surface area contributed by atoms with Gasteiger partial charge < -0.3 is 14.3 Å². The van der Waals surface area contributed by atoms with Gasteiger partial charge in [0.05, 0.1) is 11.5 Å². The van der Waals surface area contributed by atoms with Gasteiger partial charge >= 0.3 is 0 Å². The second-order valence-electron chi connectivity index (χ2n) is 8.28. The summed E-state index contributed by atoms with van der Waals surface area (Å²) in [5.41, 5.74) is 0.895. The standard InChI is InChI=1S/C21H27N5O2/c27-21(25-11-1-2-12-25)16-8-5-13-26(14-16)19-17(9-4-10-22-19)18-23-20(28-24-18)15-6-3-7-15/h4,9-10,15-16H,1-3,5-8,11-14H2/t16-/m1/s1. The third-order valence-electron chi connectivity index (χ3n) is 6.41. The molecule has 7 nitrogen and oxygen atoms in total. The van der Waals surface area contributed by atoms with E-state index in [1.165, 1.54) is 6.42 Å². The van der Waals surface area contributed by atoms with Crippen molar-refractivity contribution in [1.82, 2.24) is 20.0 Å². The van der Waals surface area contributed by atoms with E-state index in [1.54, 1.807) is 6.20 Å². The average molecular weight is 381 g/mol. The molecule has 1 amide bonds. The van der Waals surface area contributed by atoms with Crippen LogP contribution in [0.15, 0.2) is 22.9 Å². The number of rotatable bonds is 4. The summed E-state index contributed by atoms with van der Waals surface area (Å²) >= 11 is 0. The van der Waals surface area contributed by atoms with Crippen LogP contribution in [0.2, 0.25) is 0 Å². The molecule has 0 spiro atoms. The summed E-state index contributed by atoms with van der Waals surface area (Å²) in [4.78, 5) is 26.5. The van der Waals surface area contributed by atoms with Gasteiger partial charge in [0, 0.05) is 38.3 Å². The third-order valence-corrected chi connectivity index (χ3v) is 6.41. The highest BCUT2D eigenvalue weighted by Gasteiger charge is 2.32. The molecule has 7 heteroatoms. The van der Waals surface area contributed by atoms with Crippen LogP contribution in [0.25, 0.3) is 11.4 Å². The number of hydrogen-bond acceptors (Lipinski definition) is 6. The van der Waals surface area contributed by atoms with Gasteiger partial charge in [-0.25, -0.2) is 4.98 Å². The van der Waals surface area contributed by atoms with Crippen LogP contribution in [0.5, 0.6) is 0 Å². The molecular formula is C21H27N5O2. The van der Waals surface area contributed by atoms with Gasteiger partial charge in [0.25, 0.3) is 0 Å². The van der Waals surface area contributed by atoms with Gasteiger partial charge in [-0.15, -0.1) is 0 Å². The molecule has 2 aliphatic heterocycles. The van der Waals surface area contributed by atoms with E-state index in [0.29, 0.717) is 24.2 Å². The zero-order valence-corrected chi connectivity index (χ0v) is 16.2. The molecule has 0 N–H and O–H groups in total. The zero-order chi connectivity index (χ0) is 18.9. The molecule has 5 rings (SSSR count). The van der Waals surface area contributed by atoms with Crippen LogP contribution < -0.4 is 4.90 Å². The molecule has 1 aliphatic carbocycles. The first-order valence-electron chi connectivity index (χ1n) is 10.6. The van der Waals surface area contributed by atoms with Gasteiger partial charge in [-0.3, -0.25) is 4.79 Å². The summed E-state index contributed by atoms with van der Waals surface area (Å²) in [6.45, 7) is 3.45. The molecule has 0 bridgehead atoms. The van der Waals surface area contributed by atoms with Crippen molar-refractivity contribution in [3.63, 3.8) is 0 Å². The fourth-order valence-corrected chi connectivity index (χ4v) is 4.56. The minimum atomic E-state index is 0.0533. The number of carbonyl (C=O) groups is 1. The average Bonchev–Trinajstić information content (AvgIpc) is 3.39. The number of nitrogens with zero attached hydrogens (tertiary/aromatic N) is 5. The number of aromatic nitrogens is 3. The van der Waals surface area contributed by atoms with Crippen LogP contribution in [-0.2, 0) is 4.79 Å². The van der Waals surface area contributed by atoms with Crippen LogP contribution in [0, 0.1) is 5.92 Å². The van der Waals surface area contributed by atoms with Crippen molar-refractivity contribution in [1.29, 1.82) is 0 Å². The summed E-state index contributed by atoms with van der Waals surface area (Å²) < 4.78 is 5.52. The van der Waals surface area contributed by atoms with Crippen LogP contribution in [0.4, 0.5) is 5.82 Å². The van der Waals surface area contributed by atoms with Crippen LogP contribution in [-0.4, -0.2) is 52.1 Å². The summed E-state index contributed by atoms with van der Waals surface area (Å²) in [6.07, 6.45) is 9.53. The highest BCUT2D eigenvalue weighted by molar-refractivity contribution is 5.80. The number of carbonyl (C=O) groups excluding carboxylic acids is 1. The summed E-state index contributed by atoms with van der Waals surface area (Å²) in [5, 5.41) is 4.23. The van der Waals surface area contributed by atoms with Gasteiger partial charge in [-0.05, 0) is 50.7 Å². The molecule has 2 aromatic heterocycles. The lowest BCUT2D eigenvalue weighted by Gasteiger charge is -2.35.